The molecule has 5 aromatic carbocycles. The molecule has 0 aliphatic heterocycles. The zero-order valence-electron chi connectivity index (χ0n) is 30.3. The summed E-state index contributed by atoms with van der Waals surface area (Å²) in [6.45, 7) is 4.82. The van der Waals surface area contributed by atoms with E-state index in [2.05, 4.69) is 46.0 Å². The van der Waals surface area contributed by atoms with E-state index in [-0.39, 0.29) is 6.61 Å². The van der Waals surface area contributed by atoms with Gasteiger partial charge in [0, 0.05) is 18.7 Å². The summed E-state index contributed by atoms with van der Waals surface area (Å²) in [6.07, 6.45) is 6.26. The van der Waals surface area contributed by atoms with Crippen LogP contribution in [0.1, 0.15) is 61.0 Å². The van der Waals surface area contributed by atoms with E-state index < -0.39 is 16.1 Å². The third-order valence-electron chi connectivity index (χ3n) is 8.82. The van der Waals surface area contributed by atoms with Crippen molar-refractivity contribution < 1.29 is 27.7 Å². The van der Waals surface area contributed by atoms with Crippen LogP contribution in [0.25, 0.3) is 16.5 Å². The van der Waals surface area contributed by atoms with Gasteiger partial charge in [0.15, 0.2) is 0 Å². The second kappa shape index (κ2) is 19.1. The van der Waals surface area contributed by atoms with Crippen molar-refractivity contribution in [1.29, 1.82) is 0 Å². The fourth-order valence-corrected chi connectivity index (χ4v) is 6.69. The number of unbranched alkanes of at least 4 members (excludes halogenated alkanes) is 3. The van der Waals surface area contributed by atoms with Crippen LogP contribution in [0, 0.1) is 0 Å². The summed E-state index contributed by atoms with van der Waals surface area (Å²) in [4.78, 5) is 2.26. The number of anilines is 1. The number of rotatable bonds is 20. The normalized spacial score (nSPS) is 12.5. The van der Waals surface area contributed by atoms with E-state index in [4.69, 9.17) is 14.2 Å². The summed E-state index contributed by atoms with van der Waals surface area (Å²) >= 11 is 0. The summed E-state index contributed by atoms with van der Waals surface area (Å²) in [7, 11) is -1.90. The Morgan fingerprint density at radius 2 is 1.52 bits per heavy atom. The van der Waals surface area contributed by atoms with Crippen molar-refractivity contribution in [3.63, 3.8) is 0 Å². The number of sulfonamides is 1. The Hall–Kier alpha value is -4.83. The number of nitrogens with zero attached hydrogens (tertiary/aromatic N) is 1. The quantitative estimate of drug-likeness (QED) is 0.0612. The molecule has 5 aromatic rings. The predicted octanol–water partition coefficient (Wildman–Crippen LogP) is 8.97. The summed E-state index contributed by atoms with van der Waals surface area (Å²) in [6, 6.07) is 37.5. The number of hydrogen-bond donors (Lipinski definition) is 2. The minimum absolute atomic E-state index is 0.287. The van der Waals surface area contributed by atoms with Gasteiger partial charge in [0.1, 0.15) is 23.9 Å². The Bertz CT molecular complexity index is 2000. The van der Waals surface area contributed by atoms with Gasteiger partial charge in [-0.3, -0.25) is 9.62 Å². The van der Waals surface area contributed by atoms with E-state index in [0.29, 0.717) is 36.7 Å². The average molecular weight is 723 g/mol. The van der Waals surface area contributed by atoms with Gasteiger partial charge in [-0.25, -0.2) is 8.42 Å². The van der Waals surface area contributed by atoms with Crippen LogP contribution in [0.15, 0.2) is 121 Å². The lowest BCUT2D eigenvalue weighted by Crippen LogP contribution is -2.29. The predicted molar refractivity (Wildman–Crippen MR) is 211 cm³/mol. The Morgan fingerprint density at radius 1 is 0.827 bits per heavy atom. The Balaban J connectivity index is 1.15. The first-order chi connectivity index (χ1) is 25.2. The van der Waals surface area contributed by atoms with Crippen LogP contribution in [0.2, 0.25) is 0 Å². The maximum atomic E-state index is 12.2. The number of hydrogen-bond acceptors (Lipinski definition) is 7. The highest BCUT2D eigenvalue weighted by molar-refractivity contribution is 7.92. The topological polar surface area (TPSA) is 97.3 Å². The van der Waals surface area contributed by atoms with Crippen molar-refractivity contribution in [1.82, 2.24) is 4.90 Å². The average Bonchev–Trinajstić information content (AvgIpc) is 3.15. The van der Waals surface area contributed by atoms with E-state index in [1.54, 1.807) is 25.3 Å². The molecule has 0 saturated carbocycles. The number of aliphatic hydroxyl groups is 1. The second-order valence-electron chi connectivity index (χ2n) is 13.0. The Morgan fingerprint density at radius 3 is 2.23 bits per heavy atom. The molecule has 0 amide bonds. The maximum Gasteiger partial charge on any atom is 0.229 e. The van der Waals surface area contributed by atoms with Gasteiger partial charge in [-0.1, -0.05) is 97.8 Å². The first-order valence-electron chi connectivity index (χ1n) is 17.8. The molecular weight excluding hydrogens is 673 g/mol. The molecule has 5 rings (SSSR count). The second-order valence-corrected chi connectivity index (χ2v) is 14.7. The van der Waals surface area contributed by atoms with Gasteiger partial charge in [0.25, 0.3) is 0 Å². The number of aliphatic hydroxyl groups excluding tert-OH is 1. The van der Waals surface area contributed by atoms with Gasteiger partial charge in [-0.2, -0.15) is 0 Å². The summed E-state index contributed by atoms with van der Waals surface area (Å²) in [5.74, 6) is 2.12. The molecule has 0 aliphatic rings. The van der Waals surface area contributed by atoms with Gasteiger partial charge in [-0.15, -0.1) is 0 Å². The molecule has 0 spiro atoms. The van der Waals surface area contributed by atoms with Crippen molar-refractivity contribution in [3.8, 4) is 11.5 Å². The van der Waals surface area contributed by atoms with E-state index in [9.17, 15) is 13.5 Å². The number of nitrogens with one attached hydrogen (secondary N) is 1. The SMILES string of the molecule is C/C=C(/OCCCCCCN(Cc1ccccc1)CC(O)c1ccc(OCc2ccccc2)c(NS(C)(=O)=O)c1)c1ccc2cc(OC)ccc2c1. The lowest BCUT2D eigenvalue weighted by Gasteiger charge is -2.26. The fraction of sp³-hybridized carbons (Fsp3) is 0.302. The van der Waals surface area contributed by atoms with Gasteiger partial charge < -0.3 is 19.3 Å². The minimum atomic E-state index is -3.58. The van der Waals surface area contributed by atoms with Gasteiger partial charge in [-0.05, 0) is 90.2 Å². The molecule has 0 bridgehead atoms. The van der Waals surface area contributed by atoms with Gasteiger partial charge >= 0.3 is 0 Å². The molecule has 2 N–H and O–H groups in total. The number of fused-ring (bicyclic) bond motifs is 1. The molecule has 8 nitrogen and oxygen atoms in total. The van der Waals surface area contributed by atoms with Gasteiger partial charge in [0.05, 0.1) is 31.8 Å². The fourth-order valence-electron chi connectivity index (χ4n) is 6.13. The largest absolute Gasteiger partial charge is 0.497 e. The monoisotopic (exact) mass is 722 g/mol. The molecule has 1 unspecified atom stereocenters. The molecule has 0 radical (unpaired) electrons. The third-order valence-corrected chi connectivity index (χ3v) is 9.41. The molecule has 0 saturated heterocycles. The molecule has 1 atom stereocenters. The van der Waals surface area contributed by atoms with Crippen LogP contribution in [0.4, 0.5) is 5.69 Å². The first kappa shape index (κ1) is 38.4. The molecule has 0 fully saturated rings. The Labute approximate surface area is 308 Å². The highest BCUT2D eigenvalue weighted by Crippen LogP contribution is 2.31. The first-order valence-corrected chi connectivity index (χ1v) is 19.7. The van der Waals surface area contributed by atoms with Crippen molar-refractivity contribution in [3.05, 3.63) is 144 Å². The molecule has 0 aliphatic carbocycles. The van der Waals surface area contributed by atoms with Crippen molar-refractivity contribution in [2.45, 2.75) is 51.9 Å². The lowest BCUT2D eigenvalue weighted by atomic mass is 10.1. The van der Waals surface area contributed by atoms with Crippen LogP contribution in [0.3, 0.4) is 0 Å². The minimum Gasteiger partial charge on any atom is -0.497 e. The smallest absolute Gasteiger partial charge is 0.229 e. The molecule has 0 heterocycles. The Kier molecular flexibility index (Phi) is 14.1. The number of allylic oxidation sites excluding steroid dienone is 1. The number of ether oxygens (including phenoxy) is 3. The molecule has 9 heteroatoms. The summed E-state index contributed by atoms with van der Waals surface area (Å²) in [5.41, 5.74) is 4.10. The van der Waals surface area contributed by atoms with E-state index in [0.717, 1.165) is 71.9 Å². The lowest BCUT2D eigenvalue weighted by molar-refractivity contribution is 0.107. The van der Waals surface area contributed by atoms with Crippen molar-refractivity contribution in [2.24, 2.45) is 0 Å². The van der Waals surface area contributed by atoms with Crippen LogP contribution >= 0.6 is 0 Å². The number of benzene rings is 5. The van der Waals surface area contributed by atoms with E-state index >= 15 is 0 Å². The van der Waals surface area contributed by atoms with Crippen molar-refractivity contribution in [2.75, 3.05) is 37.8 Å². The maximum absolute atomic E-state index is 12.2. The highest BCUT2D eigenvalue weighted by atomic mass is 32.2. The zero-order chi connectivity index (χ0) is 36.8. The summed E-state index contributed by atoms with van der Waals surface area (Å²) in [5, 5.41) is 13.7. The van der Waals surface area contributed by atoms with Crippen LogP contribution in [-0.4, -0.2) is 51.5 Å². The standard InChI is InChI=1S/C43H50N2O6S/c1-4-42(38-20-19-36-28-39(49-2)23-21-35(36)27-38)50-26-14-6-5-13-25-45(30-33-15-9-7-10-16-33)31-41(46)37-22-24-43(40(29-37)44-52(3,47)48)51-32-34-17-11-8-12-18-34/h4,7-12,15-24,27-29,41,44,46H,5-6,13-14,25-26,30-32H2,1-3H3/b42-4+. The molecule has 52 heavy (non-hydrogen) atoms. The molecule has 274 valence electrons. The van der Waals surface area contributed by atoms with Crippen LogP contribution < -0.4 is 14.2 Å². The van der Waals surface area contributed by atoms with E-state index in [1.807, 2.05) is 73.7 Å². The summed E-state index contributed by atoms with van der Waals surface area (Å²) < 4.78 is 44.6. The van der Waals surface area contributed by atoms with E-state index in [1.165, 1.54) is 5.56 Å². The molecular formula is C43H50N2O6S. The van der Waals surface area contributed by atoms with Crippen LogP contribution in [0.5, 0.6) is 11.5 Å². The van der Waals surface area contributed by atoms with Gasteiger partial charge in [0.2, 0.25) is 10.0 Å². The zero-order valence-corrected chi connectivity index (χ0v) is 31.1. The molecule has 0 aromatic heterocycles. The third kappa shape index (κ3) is 11.9. The number of methoxy groups -OCH3 is 1. The van der Waals surface area contributed by atoms with Crippen molar-refractivity contribution >= 4 is 32.2 Å². The van der Waals surface area contributed by atoms with Crippen LogP contribution in [-0.2, 0) is 27.9 Å². The highest BCUT2D eigenvalue weighted by Gasteiger charge is 2.18.